The summed E-state index contributed by atoms with van der Waals surface area (Å²) in [6.45, 7) is 8.21. The second-order valence-electron chi connectivity index (χ2n) is 6.47. The molecular weight excluding hydrogens is 316 g/mol. The van der Waals surface area contributed by atoms with Gasteiger partial charge < -0.3 is 15.4 Å². The minimum Gasteiger partial charge on any atom is -0.453 e. The number of alkyl carbamates (subject to hydrolysis) is 1. The Labute approximate surface area is 142 Å². The predicted molar refractivity (Wildman–Crippen MR) is 91.7 cm³/mol. The highest BCUT2D eigenvalue weighted by Crippen LogP contribution is 2.24. The van der Waals surface area contributed by atoms with Crippen LogP contribution in [0.5, 0.6) is 0 Å². The normalized spacial score (nSPS) is 12.7. The fraction of sp³-hybridized carbons (Fsp3) is 0.529. The monoisotopic (exact) mass is 340 g/mol. The van der Waals surface area contributed by atoms with Gasteiger partial charge in [-0.05, 0) is 23.6 Å². The molecule has 0 aliphatic heterocycles. The Hall–Kier alpha value is -1.75. The van der Waals surface area contributed by atoms with Gasteiger partial charge in [-0.15, -0.1) is 0 Å². The van der Waals surface area contributed by atoms with E-state index in [2.05, 4.69) is 15.4 Å². The highest BCUT2D eigenvalue weighted by atomic mass is 35.5. The van der Waals surface area contributed by atoms with Crippen molar-refractivity contribution in [2.24, 2.45) is 5.92 Å². The van der Waals surface area contributed by atoms with E-state index >= 15 is 0 Å². The molecule has 5 nitrogen and oxygen atoms in total. The summed E-state index contributed by atoms with van der Waals surface area (Å²) in [4.78, 5) is 23.7. The largest absolute Gasteiger partial charge is 0.453 e. The fourth-order valence-electron chi connectivity index (χ4n) is 2.15. The van der Waals surface area contributed by atoms with Crippen molar-refractivity contribution in [1.82, 2.24) is 10.6 Å². The van der Waals surface area contributed by atoms with Crippen molar-refractivity contribution in [2.45, 2.75) is 39.2 Å². The number of hydrogen-bond acceptors (Lipinski definition) is 3. The molecule has 0 aliphatic carbocycles. The second-order valence-corrected chi connectivity index (χ2v) is 6.91. The van der Waals surface area contributed by atoms with Gasteiger partial charge in [0.25, 0.3) is 0 Å². The summed E-state index contributed by atoms with van der Waals surface area (Å²) in [5.41, 5.74) is 0.750. The molecule has 23 heavy (non-hydrogen) atoms. The average Bonchev–Trinajstić information content (AvgIpc) is 2.49. The molecule has 0 radical (unpaired) electrons. The number of halogens is 1. The first-order valence-electron chi connectivity index (χ1n) is 7.55. The van der Waals surface area contributed by atoms with Crippen molar-refractivity contribution in [3.05, 3.63) is 34.9 Å². The molecule has 0 bridgehead atoms. The molecule has 0 heterocycles. The molecule has 1 atom stereocenters. The van der Waals surface area contributed by atoms with Gasteiger partial charge in [0.05, 0.1) is 7.11 Å². The zero-order valence-electron chi connectivity index (χ0n) is 14.3. The maximum Gasteiger partial charge on any atom is 0.407 e. The number of hydrogen-bond donors (Lipinski definition) is 2. The topological polar surface area (TPSA) is 67.4 Å². The number of carbonyl (C=O) groups is 2. The lowest BCUT2D eigenvalue weighted by molar-refractivity contribution is -0.124. The van der Waals surface area contributed by atoms with Gasteiger partial charge in [-0.25, -0.2) is 4.79 Å². The third kappa shape index (κ3) is 5.75. The minimum atomic E-state index is -0.641. The molecule has 6 heteroatoms. The van der Waals surface area contributed by atoms with E-state index in [-0.39, 0.29) is 17.2 Å². The summed E-state index contributed by atoms with van der Waals surface area (Å²) < 4.78 is 4.56. The minimum absolute atomic E-state index is 0.0524. The molecule has 128 valence electrons. The highest BCUT2D eigenvalue weighted by Gasteiger charge is 2.27. The first-order chi connectivity index (χ1) is 10.7. The van der Waals surface area contributed by atoms with E-state index in [0.717, 1.165) is 5.56 Å². The van der Waals surface area contributed by atoms with Crippen LogP contribution < -0.4 is 10.6 Å². The predicted octanol–water partition coefficient (Wildman–Crippen LogP) is 3.11. The Morgan fingerprint density at radius 2 is 1.96 bits per heavy atom. The first kappa shape index (κ1) is 19.3. The van der Waals surface area contributed by atoms with Gasteiger partial charge in [0.1, 0.15) is 6.04 Å². The number of amides is 2. The maximum absolute atomic E-state index is 12.4. The van der Waals surface area contributed by atoms with E-state index in [9.17, 15) is 9.59 Å². The Morgan fingerprint density at radius 1 is 1.30 bits per heavy atom. The van der Waals surface area contributed by atoms with E-state index in [4.69, 9.17) is 11.6 Å². The Kier molecular flexibility index (Phi) is 6.88. The van der Waals surface area contributed by atoms with Crippen LogP contribution in [0.15, 0.2) is 24.3 Å². The van der Waals surface area contributed by atoms with Crippen molar-refractivity contribution in [2.75, 3.05) is 13.7 Å². The van der Waals surface area contributed by atoms with Gasteiger partial charge >= 0.3 is 6.09 Å². The number of nitrogens with one attached hydrogen (secondary N) is 2. The molecule has 2 amide bonds. The highest BCUT2D eigenvalue weighted by molar-refractivity contribution is 6.30. The molecule has 0 saturated heterocycles. The quantitative estimate of drug-likeness (QED) is 0.836. The van der Waals surface area contributed by atoms with Crippen LogP contribution in [0.1, 0.15) is 33.3 Å². The second kappa shape index (κ2) is 8.20. The van der Waals surface area contributed by atoms with Gasteiger partial charge in [0, 0.05) is 17.0 Å². The summed E-state index contributed by atoms with van der Waals surface area (Å²) in [7, 11) is 1.27. The molecule has 1 unspecified atom stereocenters. The molecule has 0 aromatic heterocycles. The zero-order chi connectivity index (χ0) is 17.6. The maximum atomic E-state index is 12.4. The summed E-state index contributed by atoms with van der Waals surface area (Å²) >= 11 is 6.03. The molecular formula is C17H25ClN2O3. The molecule has 0 fully saturated rings. The third-order valence-corrected chi connectivity index (χ3v) is 3.95. The van der Waals surface area contributed by atoms with Crippen molar-refractivity contribution in [3.63, 3.8) is 0 Å². The SMILES string of the molecule is COC(=O)NC(C(=O)NCC(C)(C)c1cccc(Cl)c1)C(C)C. The third-order valence-electron chi connectivity index (χ3n) is 3.72. The summed E-state index contributed by atoms with van der Waals surface area (Å²) in [5.74, 6) is -0.288. The van der Waals surface area contributed by atoms with Crippen molar-refractivity contribution >= 4 is 23.6 Å². The van der Waals surface area contributed by atoms with Gasteiger partial charge in [0.2, 0.25) is 5.91 Å². The average molecular weight is 341 g/mol. The van der Waals surface area contributed by atoms with Crippen LogP contribution in [0.25, 0.3) is 0 Å². The van der Waals surface area contributed by atoms with E-state index in [1.54, 1.807) is 0 Å². The number of benzene rings is 1. The Bertz CT molecular complexity index is 559. The molecule has 2 N–H and O–H groups in total. The van der Waals surface area contributed by atoms with Crippen molar-refractivity contribution < 1.29 is 14.3 Å². The lowest BCUT2D eigenvalue weighted by Gasteiger charge is -2.28. The van der Waals surface area contributed by atoms with Gasteiger partial charge in [-0.2, -0.15) is 0 Å². The first-order valence-corrected chi connectivity index (χ1v) is 7.93. The van der Waals surface area contributed by atoms with E-state index in [1.807, 2.05) is 52.0 Å². The lowest BCUT2D eigenvalue weighted by Crippen LogP contribution is -2.51. The standard InChI is InChI=1S/C17H25ClN2O3/c1-11(2)14(20-16(22)23-5)15(21)19-10-17(3,4)12-7-6-8-13(18)9-12/h6-9,11,14H,10H2,1-5H3,(H,19,21)(H,20,22). The summed E-state index contributed by atoms with van der Waals surface area (Å²) in [6, 6.07) is 6.93. The fourth-order valence-corrected chi connectivity index (χ4v) is 2.34. The van der Waals surface area contributed by atoms with Crippen molar-refractivity contribution in [1.29, 1.82) is 0 Å². The van der Waals surface area contributed by atoms with Crippen LogP contribution in [0.2, 0.25) is 5.02 Å². The molecule has 0 aliphatic rings. The van der Waals surface area contributed by atoms with Gasteiger partial charge in [-0.1, -0.05) is 51.4 Å². The number of rotatable bonds is 6. The van der Waals surface area contributed by atoms with Gasteiger partial charge in [0.15, 0.2) is 0 Å². The van der Waals surface area contributed by atoms with Crippen LogP contribution in [0.4, 0.5) is 4.79 Å². The van der Waals surface area contributed by atoms with Crippen LogP contribution in [-0.4, -0.2) is 31.7 Å². The lowest BCUT2D eigenvalue weighted by atomic mass is 9.84. The van der Waals surface area contributed by atoms with Crippen LogP contribution >= 0.6 is 11.6 Å². The Balaban J connectivity index is 2.74. The number of ether oxygens (including phenoxy) is 1. The Morgan fingerprint density at radius 3 is 2.48 bits per heavy atom. The number of methoxy groups -OCH3 is 1. The van der Waals surface area contributed by atoms with Gasteiger partial charge in [-0.3, -0.25) is 4.79 Å². The van der Waals surface area contributed by atoms with E-state index in [1.165, 1.54) is 7.11 Å². The van der Waals surface area contributed by atoms with Crippen LogP contribution in [0.3, 0.4) is 0 Å². The molecule has 0 spiro atoms. The zero-order valence-corrected chi connectivity index (χ0v) is 15.0. The summed E-state index contributed by atoms with van der Waals surface area (Å²) in [5, 5.41) is 6.12. The molecule has 0 saturated carbocycles. The van der Waals surface area contributed by atoms with E-state index in [0.29, 0.717) is 11.6 Å². The molecule has 1 rings (SSSR count). The van der Waals surface area contributed by atoms with Crippen molar-refractivity contribution in [3.8, 4) is 0 Å². The molecule has 1 aromatic rings. The van der Waals surface area contributed by atoms with Crippen LogP contribution in [-0.2, 0) is 14.9 Å². The summed E-state index contributed by atoms with van der Waals surface area (Å²) in [6.07, 6.45) is -0.618. The van der Waals surface area contributed by atoms with Crippen LogP contribution in [0, 0.1) is 5.92 Å². The van der Waals surface area contributed by atoms with E-state index < -0.39 is 12.1 Å². The smallest absolute Gasteiger partial charge is 0.407 e. The molecule has 1 aromatic carbocycles. The number of carbonyl (C=O) groups excluding carboxylic acids is 2.